The third-order valence-electron chi connectivity index (χ3n) is 2.27. The second-order valence-corrected chi connectivity index (χ2v) is 3.35. The number of anilines is 1. The van der Waals surface area contributed by atoms with Crippen LogP contribution in [-0.4, -0.2) is 4.98 Å². The third-order valence-corrected chi connectivity index (χ3v) is 2.27. The average Bonchev–Trinajstić information content (AvgIpc) is 2.49. The Balaban J connectivity index is 2.55. The summed E-state index contributed by atoms with van der Waals surface area (Å²) in [5.41, 5.74) is 9.12. The molecular weight excluding hydrogens is 160 g/mol. The minimum absolute atomic E-state index is 0.858. The fourth-order valence-corrected chi connectivity index (χ4v) is 1.64. The van der Waals surface area contributed by atoms with Crippen molar-refractivity contribution < 1.29 is 0 Å². The number of fused-ring (bicyclic) bond motifs is 1. The van der Waals surface area contributed by atoms with Crippen LogP contribution in [-0.2, 0) is 6.42 Å². The van der Waals surface area contributed by atoms with Gasteiger partial charge in [0.15, 0.2) is 0 Å². The van der Waals surface area contributed by atoms with Crippen molar-refractivity contribution >= 4 is 16.6 Å². The molecule has 68 valence electrons. The first-order chi connectivity index (χ1) is 6.31. The van der Waals surface area contributed by atoms with Gasteiger partial charge in [-0.3, -0.25) is 0 Å². The Hall–Kier alpha value is -1.44. The number of rotatable bonds is 2. The van der Waals surface area contributed by atoms with E-state index in [1.54, 1.807) is 0 Å². The SMILES string of the molecule is CCCc1cc2c(N)cccc2[nH]1. The first-order valence-corrected chi connectivity index (χ1v) is 4.67. The van der Waals surface area contributed by atoms with Gasteiger partial charge in [-0.05, 0) is 24.6 Å². The summed E-state index contributed by atoms with van der Waals surface area (Å²) < 4.78 is 0. The quantitative estimate of drug-likeness (QED) is 0.675. The van der Waals surface area contributed by atoms with Crippen molar-refractivity contribution in [1.82, 2.24) is 4.98 Å². The standard InChI is InChI=1S/C11H14N2/c1-2-4-8-7-9-10(12)5-3-6-11(9)13-8/h3,5-7,13H,2,4,12H2,1H3. The number of nitrogens with two attached hydrogens (primary N) is 1. The van der Waals surface area contributed by atoms with Crippen molar-refractivity contribution in [2.45, 2.75) is 19.8 Å². The zero-order valence-electron chi connectivity index (χ0n) is 7.80. The highest BCUT2D eigenvalue weighted by Crippen LogP contribution is 2.21. The number of H-pyrrole nitrogens is 1. The topological polar surface area (TPSA) is 41.8 Å². The van der Waals surface area contributed by atoms with Crippen molar-refractivity contribution in [1.29, 1.82) is 0 Å². The molecule has 0 bridgehead atoms. The summed E-state index contributed by atoms with van der Waals surface area (Å²) in [6.45, 7) is 2.18. The van der Waals surface area contributed by atoms with E-state index in [1.165, 1.54) is 5.69 Å². The fourth-order valence-electron chi connectivity index (χ4n) is 1.64. The molecule has 2 aromatic rings. The average molecular weight is 174 g/mol. The summed E-state index contributed by atoms with van der Waals surface area (Å²) in [5.74, 6) is 0. The van der Waals surface area contributed by atoms with Crippen molar-refractivity contribution in [2.24, 2.45) is 0 Å². The summed E-state index contributed by atoms with van der Waals surface area (Å²) in [5, 5.41) is 1.14. The molecule has 0 aliphatic rings. The molecule has 0 saturated heterocycles. The Labute approximate surface area is 77.8 Å². The van der Waals surface area contributed by atoms with Crippen LogP contribution in [0, 0.1) is 0 Å². The summed E-state index contributed by atoms with van der Waals surface area (Å²) in [6, 6.07) is 8.12. The Bertz CT molecular complexity index is 415. The molecule has 2 heteroatoms. The molecular formula is C11H14N2. The van der Waals surface area contributed by atoms with Crippen molar-refractivity contribution in [3.8, 4) is 0 Å². The normalized spacial score (nSPS) is 10.8. The monoisotopic (exact) mass is 174 g/mol. The van der Waals surface area contributed by atoms with Gasteiger partial charge in [0.2, 0.25) is 0 Å². The van der Waals surface area contributed by atoms with Gasteiger partial charge in [-0.25, -0.2) is 0 Å². The lowest BCUT2D eigenvalue weighted by atomic mass is 10.2. The smallest absolute Gasteiger partial charge is 0.0476 e. The van der Waals surface area contributed by atoms with E-state index in [4.69, 9.17) is 5.73 Å². The molecule has 13 heavy (non-hydrogen) atoms. The zero-order valence-corrected chi connectivity index (χ0v) is 7.80. The number of aryl methyl sites for hydroxylation is 1. The first kappa shape index (κ1) is 8.17. The summed E-state index contributed by atoms with van der Waals surface area (Å²) in [7, 11) is 0. The number of benzene rings is 1. The lowest BCUT2D eigenvalue weighted by molar-refractivity contribution is 0.896. The first-order valence-electron chi connectivity index (χ1n) is 4.67. The van der Waals surface area contributed by atoms with E-state index in [0.717, 1.165) is 29.4 Å². The van der Waals surface area contributed by atoms with Crippen LogP contribution in [0.2, 0.25) is 0 Å². The third kappa shape index (κ3) is 1.39. The molecule has 1 heterocycles. The molecule has 0 unspecified atom stereocenters. The number of hydrogen-bond donors (Lipinski definition) is 2. The van der Waals surface area contributed by atoms with Gasteiger partial charge in [-0.2, -0.15) is 0 Å². The second-order valence-electron chi connectivity index (χ2n) is 3.35. The van der Waals surface area contributed by atoms with Crippen LogP contribution in [0.25, 0.3) is 10.9 Å². The van der Waals surface area contributed by atoms with Crippen molar-refractivity contribution in [2.75, 3.05) is 5.73 Å². The molecule has 1 aromatic heterocycles. The van der Waals surface area contributed by atoms with Gasteiger partial charge in [0.25, 0.3) is 0 Å². The minimum Gasteiger partial charge on any atom is -0.398 e. The van der Waals surface area contributed by atoms with Crippen LogP contribution in [0.15, 0.2) is 24.3 Å². The Morgan fingerprint density at radius 1 is 1.38 bits per heavy atom. The van der Waals surface area contributed by atoms with Gasteiger partial charge < -0.3 is 10.7 Å². The summed E-state index contributed by atoms with van der Waals surface area (Å²) in [6.07, 6.45) is 2.25. The predicted molar refractivity (Wildman–Crippen MR) is 56.7 cm³/mol. The van der Waals surface area contributed by atoms with Gasteiger partial charge in [-0.1, -0.05) is 19.4 Å². The highest BCUT2D eigenvalue weighted by atomic mass is 14.7. The second kappa shape index (κ2) is 3.13. The van der Waals surface area contributed by atoms with E-state index in [1.807, 2.05) is 12.1 Å². The molecule has 0 saturated carbocycles. The molecule has 0 fully saturated rings. The highest BCUT2D eigenvalue weighted by molar-refractivity contribution is 5.91. The number of aromatic nitrogens is 1. The fraction of sp³-hybridized carbons (Fsp3) is 0.273. The van der Waals surface area contributed by atoms with Gasteiger partial charge in [0, 0.05) is 22.3 Å². The number of nitrogen functional groups attached to an aromatic ring is 1. The molecule has 0 amide bonds. The van der Waals surface area contributed by atoms with E-state index in [-0.39, 0.29) is 0 Å². The maximum Gasteiger partial charge on any atom is 0.0476 e. The maximum absolute atomic E-state index is 5.85. The molecule has 2 nitrogen and oxygen atoms in total. The maximum atomic E-state index is 5.85. The number of nitrogens with one attached hydrogen (secondary N) is 1. The van der Waals surface area contributed by atoms with Gasteiger partial charge in [0.1, 0.15) is 0 Å². The van der Waals surface area contributed by atoms with Crippen LogP contribution in [0.4, 0.5) is 5.69 Å². The lowest BCUT2D eigenvalue weighted by Gasteiger charge is -1.92. The van der Waals surface area contributed by atoms with Gasteiger partial charge >= 0.3 is 0 Å². The number of aromatic amines is 1. The molecule has 0 radical (unpaired) electrons. The Morgan fingerprint density at radius 2 is 2.23 bits per heavy atom. The largest absolute Gasteiger partial charge is 0.398 e. The van der Waals surface area contributed by atoms with E-state index >= 15 is 0 Å². The van der Waals surface area contributed by atoms with Crippen molar-refractivity contribution in [3.63, 3.8) is 0 Å². The molecule has 0 aliphatic carbocycles. The molecule has 0 atom stereocenters. The highest BCUT2D eigenvalue weighted by Gasteiger charge is 2.01. The van der Waals surface area contributed by atoms with Crippen LogP contribution < -0.4 is 5.73 Å². The van der Waals surface area contributed by atoms with E-state index in [2.05, 4.69) is 24.0 Å². The van der Waals surface area contributed by atoms with E-state index in [9.17, 15) is 0 Å². The van der Waals surface area contributed by atoms with E-state index < -0.39 is 0 Å². The summed E-state index contributed by atoms with van der Waals surface area (Å²) >= 11 is 0. The molecule has 0 spiro atoms. The Kier molecular flexibility index (Phi) is 1.97. The van der Waals surface area contributed by atoms with Crippen LogP contribution in [0.1, 0.15) is 19.0 Å². The molecule has 1 aromatic carbocycles. The van der Waals surface area contributed by atoms with Crippen LogP contribution in [0.5, 0.6) is 0 Å². The van der Waals surface area contributed by atoms with E-state index in [0.29, 0.717) is 0 Å². The van der Waals surface area contributed by atoms with Gasteiger partial charge in [0.05, 0.1) is 0 Å². The molecule has 2 rings (SSSR count). The molecule has 3 N–H and O–H groups in total. The predicted octanol–water partition coefficient (Wildman–Crippen LogP) is 2.70. The van der Waals surface area contributed by atoms with Crippen molar-refractivity contribution in [3.05, 3.63) is 30.0 Å². The van der Waals surface area contributed by atoms with Crippen LogP contribution in [0.3, 0.4) is 0 Å². The zero-order chi connectivity index (χ0) is 9.26. The summed E-state index contributed by atoms with van der Waals surface area (Å²) in [4.78, 5) is 3.36. The minimum atomic E-state index is 0.858. The van der Waals surface area contributed by atoms with Crippen LogP contribution >= 0.6 is 0 Å². The lowest BCUT2D eigenvalue weighted by Crippen LogP contribution is -1.82. The molecule has 0 aliphatic heterocycles. The van der Waals surface area contributed by atoms with Gasteiger partial charge in [-0.15, -0.1) is 0 Å². The number of hydrogen-bond acceptors (Lipinski definition) is 1. The Morgan fingerprint density at radius 3 is 2.92 bits per heavy atom.